The number of pyridine rings is 1. The molecule has 0 spiro atoms. The van der Waals surface area contributed by atoms with Gasteiger partial charge in [-0.1, -0.05) is 6.07 Å². The Morgan fingerprint density at radius 2 is 1.66 bits per heavy atom. The van der Waals surface area contributed by atoms with E-state index in [4.69, 9.17) is 9.47 Å². The summed E-state index contributed by atoms with van der Waals surface area (Å²) in [5, 5.41) is 12.6. The van der Waals surface area contributed by atoms with Crippen molar-refractivity contribution in [2.75, 3.05) is 45.7 Å². The van der Waals surface area contributed by atoms with Crippen LogP contribution in [0, 0.1) is 11.8 Å². The molecule has 2 aliphatic heterocycles. The molecule has 5 amide bonds. The van der Waals surface area contributed by atoms with E-state index in [0.717, 1.165) is 49.8 Å². The smallest absolute Gasteiger partial charge is 0.378 e. The van der Waals surface area contributed by atoms with Crippen LogP contribution in [0.15, 0.2) is 49.1 Å². The topological polar surface area (TPSA) is 200 Å². The highest BCUT2D eigenvalue weighted by atomic mass is 19.4. The molecule has 4 heterocycles. The number of anilines is 1. The monoisotopic (exact) mass is 977 g/mol. The second kappa shape index (κ2) is 22.3. The first kappa shape index (κ1) is 50.9. The van der Waals surface area contributed by atoms with Crippen LogP contribution in [0.3, 0.4) is 0 Å². The Balaban J connectivity index is 0.737. The summed E-state index contributed by atoms with van der Waals surface area (Å²) in [6, 6.07) is 5.68. The molecule has 0 unspecified atom stereocenters. The van der Waals surface area contributed by atoms with E-state index >= 15 is 0 Å². The van der Waals surface area contributed by atoms with Gasteiger partial charge in [0.15, 0.2) is 0 Å². The highest BCUT2D eigenvalue weighted by molar-refractivity contribution is 5.93. The van der Waals surface area contributed by atoms with Gasteiger partial charge in [-0.15, -0.1) is 0 Å². The van der Waals surface area contributed by atoms with Crippen molar-refractivity contribution in [3.05, 3.63) is 60.2 Å². The third-order valence-electron chi connectivity index (χ3n) is 15.3. The Hall–Kier alpha value is -5.47. The van der Waals surface area contributed by atoms with Crippen LogP contribution >= 0.6 is 0 Å². The van der Waals surface area contributed by atoms with Crippen molar-refractivity contribution in [1.29, 1.82) is 0 Å². The van der Waals surface area contributed by atoms with Crippen molar-refractivity contribution in [3.63, 3.8) is 0 Å². The van der Waals surface area contributed by atoms with Crippen LogP contribution in [0.4, 0.5) is 19.0 Å². The molecule has 3 saturated carbocycles. The number of benzene rings is 1. The number of hydrogen-bond acceptors (Lipinski definition) is 12. The van der Waals surface area contributed by atoms with Crippen LogP contribution in [-0.4, -0.2) is 148 Å². The van der Waals surface area contributed by atoms with Gasteiger partial charge in [-0.2, -0.15) is 13.2 Å². The Morgan fingerprint density at radius 3 is 2.36 bits per heavy atom. The second-order valence-electron chi connectivity index (χ2n) is 20.0. The largest absolute Gasteiger partial charge is 0.416 e. The molecule has 4 N–H and O–H groups in total. The summed E-state index contributed by atoms with van der Waals surface area (Å²) in [6.07, 6.45) is 7.36. The minimum absolute atomic E-state index is 0.0286. The van der Waals surface area contributed by atoms with Crippen LogP contribution in [0.25, 0.3) is 10.9 Å². The molecule has 380 valence electrons. The maximum atomic E-state index is 14.0. The fourth-order valence-corrected chi connectivity index (χ4v) is 11.0. The third-order valence-corrected chi connectivity index (χ3v) is 15.3. The number of carbonyl (C=O) groups excluding carboxylic acids is 5. The molecule has 70 heavy (non-hydrogen) atoms. The third kappa shape index (κ3) is 12.0. The lowest BCUT2D eigenvalue weighted by atomic mass is 9.78. The molecule has 0 bridgehead atoms. The van der Waals surface area contributed by atoms with Gasteiger partial charge in [-0.3, -0.25) is 29.0 Å². The molecule has 2 saturated heterocycles. The van der Waals surface area contributed by atoms with Gasteiger partial charge >= 0.3 is 6.18 Å². The predicted octanol–water partition coefficient (Wildman–Crippen LogP) is 4.77. The number of aromatic nitrogens is 3. The van der Waals surface area contributed by atoms with E-state index in [-0.39, 0.29) is 108 Å². The molecule has 8 rings (SSSR count). The minimum atomic E-state index is -4.55. The van der Waals surface area contributed by atoms with E-state index in [1.807, 2.05) is 11.0 Å². The van der Waals surface area contributed by atoms with E-state index in [2.05, 4.69) is 62.0 Å². The van der Waals surface area contributed by atoms with Crippen molar-refractivity contribution in [2.45, 2.75) is 152 Å². The van der Waals surface area contributed by atoms with E-state index in [1.54, 1.807) is 30.4 Å². The van der Waals surface area contributed by atoms with Crippen molar-refractivity contribution < 1.29 is 46.6 Å². The number of carbonyl (C=O) groups is 5. The summed E-state index contributed by atoms with van der Waals surface area (Å²) in [5.41, 5.74) is 0.333. The van der Waals surface area contributed by atoms with Gasteiger partial charge < -0.3 is 45.4 Å². The molecular formula is C50H67F3N10O7. The first-order chi connectivity index (χ1) is 33.5. The Bertz CT molecular complexity index is 2330. The van der Waals surface area contributed by atoms with Crippen molar-refractivity contribution in [2.24, 2.45) is 11.8 Å². The van der Waals surface area contributed by atoms with Gasteiger partial charge in [0.1, 0.15) is 18.2 Å². The van der Waals surface area contributed by atoms with E-state index in [9.17, 15) is 37.1 Å². The average Bonchev–Trinajstić information content (AvgIpc) is 3.84. The quantitative estimate of drug-likeness (QED) is 0.128. The standard InChI is InChI=1S/C50H67F3N10O7/c1-29(2)61(3)34-8-14-42(63-19-15-40(49(63)68)59-46-37-24-32(50(51,52)53)7-13-39(37)56-28-57-46)41(25-34)60-47(66)31-22-33(23-31)58-43(64)16-20-69-35-9-11-36(12-10-35)70-21-18-55-48(67)38-26-44(65)62(4)45(38)30-6-5-17-54-27-30/h5-7,13,17,24,27-29,31,33-36,38,40-42,45H,8-12,14-16,18-23,25-26H2,1-4H3,(H,55,67)(H,58,64)(H,60,66)(H,56,57,59)/t31-,33-,34-,35-,36+,38+,40+,41-,42+,45-/m1/s1. The van der Waals surface area contributed by atoms with Gasteiger partial charge in [-0.05, 0) is 115 Å². The molecule has 2 aromatic heterocycles. The van der Waals surface area contributed by atoms with Gasteiger partial charge in [-0.25, -0.2) is 9.97 Å². The highest BCUT2D eigenvalue weighted by Crippen LogP contribution is 2.38. The molecule has 5 aliphatic rings. The minimum Gasteiger partial charge on any atom is -0.378 e. The molecule has 20 heteroatoms. The van der Waals surface area contributed by atoms with Gasteiger partial charge in [0.25, 0.3) is 0 Å². The molecule has 6 atom stereocenters. The molecule has 3 aromatic rings. The average molecular weight is 977 g/mol. The number of likely N-dealkylation sites (tertiary alicyclic amines) is 2. The summed E-state index contributed by atoms with van der Waals surface area (Å²) in [5.74, 6) is -1.26. The summed E-state index contributed by atoms with van der Waals surface area (Å²) in [6.45, 7) is 5.68. The van der Waals surface area contributed by atoms with E-state index < -0.39 is 23.7 Å². The number of nitrogens with one attached hydrogen (secondary N) is 4. The number of nitrogens with zero attached hydrogens (tertiary/aromatic N) is 6. The predicted molar refractivity (Wildman–Crippen MR) is 253 cm³/mol. The zero-order valence-corrected chi connectivity index (χ0v) is 40.5. The Morgan fingerprint density at radius 1 is 0.914 bits per heavy atom. The van der Waals surface area contributed by atoms with Gasteiger partial charge in [0, 0.05) is 74.8 Å². The maximum absolute atomic E-state index is 14.0. The first-order valence-electron chi connectivity index (χ1n) is 24.9. The first-order valence-corrected chi connectivity index (χ1v) is 24.9. The fraction of sp³-hybridized carbons (Fsp3) is 0.640. The lowest BCUT2D eigenvalue weighted by Gasteiger charge is -2.45. The van der Waals surface area contributed by atoms with Crippen LogP contribution in [0.2, 0.25) is 0 Å². The molecule has 1 aromatic carbocycles. The lowest BCUT2D eigenvalue weighted by Crippen LogP contribution is -2.60. The van der Waals surface area contributed by atoms with Crippen LogP contribution in [-0.2, 0) is 39.6 Å². The number of halogens is 3. The lowest BCUT2D eigenvalue weighted by molar-refractivity contribution is -0.137. The number of amides is 5. The van der Waals surface area contributed by atoms with Crippen LogP contribution in [0.5, 0.6) is 0 Å². The van der Waals surface area contributed by atoms with Crippen LogP contribution in [0.1, 0.15) is 108 Å². The Kier molecular flexibility index (Phi) is 16.2. The maximum Gasteiger partial charge on any atom is 0.416 e. The Labute approximate surface area is 406 Å². The molecule has 17 nitrogen and oxygen atoms in total. The van der Waals surface area contributed by atoms with E-state index in [0.29, 0.717) is 63.9 Å². The number of rotatable bonds is 18. The fourth-order valence-electron chi connectivity index (χ4n) is 11.0. The molecular weight excluding hydrogens is 910 g/mol. The van der Waals surface area contributed by atoms with Crippen molar-refractivity contribution >= 4 is 46.3 Å². The summed E-state index contributed by atoms with van der Waals surface area (Å²) >= 11 is 0. The summed E-state index contributed by atoms with van der Waals surface area (Å²) in [4.78, 5) is 84.5. The normalized spacial score (nSPS) is 28.3. The highest BCUT2D eigenvalue weighted by Gasteiger charge is 2.46. The van der Waals surface area contributed by atoms with Crippen LogP contribution < -0.4 is 21.3 Å². The van der Waals surface area contributed by atoms with Gasteiger partial charge in [0.2, 0.25) is 29.5 Å². The van der Waals surface area contributed by atoms with E-state index in [1.165, 1.54) is 12.4 Å². The summed E-state index contributed by atoms with van der Waals surface area (Å²) < 4.78 is 52.9. The molecule has 5 fully saturated rings. The zero-order chi connectivity index (χ0) is 49.7. The summed E-state index contributed by atoms with van der Waals surface area (Å²) in [7, 11) is 3.79. The van der Waals surface area contributed by atoms with Crippen molar-refractivity contribution in [3.8, 4) is 0 Å². The van der Waals surface area contributed by atoms with Gasteiger partial charge in [0.05, 0.1) is 60.5 Å². The second-order valence-corrected chi connectivity index (χ2v) is 20.0. The zero-order valence-electron chi connectivity index (χ0n) is 40.5. The number of hydrogen-bond donors (Lipinski definition) is 4. The molecule has 3 aliphatic carbocycles. The number of ether oxygens (including phenoxy) is 2. The number of alkyl halides is 3. The van der Waals surface area contributed by atoms with Crippen molar-refractivity contribution in [1.82, 2.24) is 45.6 Å². The number of fused-ring (bicyclic) bond motifs is 1. The molecule has 0 radical (unpaired) electrons. The SMILES string of the molecule is CC(C)N(C)[C@@H]1CC[C@H](N2CC[C@H](Nc3ncnc4ccc(C(F)(F)F)cc34)C2=O)[C@H](NC(=O)[C@H]2C[C@H](NC(=O)CCO[C@H]3CC[C@@H](OCCNC(=O)[C@H]4CC(=O)N(C)[C@@H]4c4cccnc4)CC3)C2)C1.